The van der Waals surface area contributed by atoms with Crippen LogP contribution in [0, 0.1) is 0 Å². The Labute approximate surface area is 189 Å². The number of halogens is 1. The molecule has 2 amide bonds. The van der Waals surface area contributed by atoms with E-state index in [0.717, 1.165) is 0 Å². The number of carbonyl (C=O) groups is 2. The summed E-state index contributed by atoms with van der Waals surface area (Å²) in [6.07, 6.45) is 0. The predicted molar refractivity (Wildman–Crippen MR) is 121 cm³/mol. The topological polar surface area (TPSA) is 85.9 Å². The van der Waals surface area contributed by atoms with Crippen LogP contribution in [0.4, 0.5) is 4.79 Å². The van der Waals surface area contributed by atoms with E-state index in [1.165, 1.54) is 0 Å². The highest BCUT2D eigenvalue weighted by Crippen LogP contribution is 2.41. The van der Waals surface area contributed by atoms with Gasteiger partial charge in [0, 0.05) is 0 Å². The van der Waals surface area contributed by atoms with Gasteiger partial charge in [-0.25, -0.2) is 9.59 Å². The average molecular weight is 489 g/mol. The van der Waals surface area contributed by atoms with Gasteiger partial charge in [-0.3, -0.25) is 0 Å². The van der Waals surface area contributed by atoms with Gasteiger partial charge in [0.2, 0.25) is 0 Å². The molecule has 0 saturated carbocycles. The Morgan fingerprint density at radius 3 is 2.39 bits per heavy atom. The molecule has 0 bridgehead atoms. The highest BCUT2D eigenvalue weighted by molar-refractivity contribution is 9.10. The van der Waals surface area contributed by atoms with Crippen molar-refractivity contribution in [1.82, 2.24) is 10.6 Å². The van der Waals surface area contributed by atoms with E-state index in [4.69, 9.17) is 14.2 Å². The maximum Gasteiger partial charge on any atom is 0.338 e. The van der Waals surface area contributed by atoms with Gasteiger partial charge in [0.25, 0.3) is 0 Å². The van der Waals surface area contributed by atoms with Gasteiger partial charge in [-0.2, -0.15) is 0 Å². The van der Waals surface area contributed by atoms with Crippen molar-refractivity contribution in [2.24, 2.45) is 0 Å². The highest BCUT2D eigenvalue weighted by Gasteiger charge is 2.35. The van der Waals surface area contributed by atoms with Crippen molar-refractivity contribution in [3.05, 3.63) is 63.6 Å². The first-order chi connectivity index (χ1) is 15.0. The Hall–Kier alpha value is -3.00. The molecule has 0 spiro atoms. The summed E-state index contributed by atoms with van der Waals surface area (Å²) in [6.45, 7) is 6.61. The molecular formula is C23H25BrN2O5. The largest absolute Gasteiger partial charge is 0.490 e. The summed E-state index contributed by atoms with van der Waals surface area (Å²) in [5, 5.41) is 5.61. The van der Waals surface area contributed by atoms with Crippen LogP contribution in [0.2, 0.25) is 0 Å². The fourth-order valence-electron chi connectivity index (χ4n) is 3.38. The summed E-state index contributed by atoms with van der Waals surface area (Å²) in [5.41, 5.74) is 2.09. The number of ether oxygens (including phenoxy) is 3. The van der Waals surface area contributed by atoms with Gasteiger partial charge in [0.1, 0.15) is 0 Å². The smallest absolute Gasteiger partial charge is 0.338 e. The zero-order valence-corrected chi connectivity index (χ0v) is 19.2. The maximum atomic E-state index is 13.0. The van der Waals surface area contributed by atoms with Crippen LogP contribution in [0.25, 0.3) is 5.70 Å². The quantitative estimate of drug-likeness (QED) is 0.531. The fourth-order valence-corrected chi connectivity index (χ4v) is 3.95. The molecular weight excluding hydrogens is 464 g/mol. The molecule has 0 saturated heterocycles. The second-order valence-electron chi connectivity index (χ2n) is 6.60. The number of amides is 2. The number of urea groups is 1. The third kappa shape index (κ3) is 5.02. The Morgan fingerprint density at radius 2 is 1.74 bits per heavy atom. The van der Waals surface area contributed by atoms with Crippen LogP contribution in [0.1, 0.15) is 37.9 Å². The van der Waals surface area contributed by atoms with Crippen molar-refractivity contribution in [3.8, 4) is 11.5 Å². The van der Waals surface area contributed by atoms with E-state index in [0.29, 0.717) is 51.6 Å². The monoisotopic (exact) mass is 488 g/mol. The van der Waals surface area contributed by atoms with Crippen molar-refractivity contribution in [1.29, 1.82) is 0 Å². The van der Waals surface area contributed by atoms with Crippen LogP contribution in [-0.4, -0.2) is 31.8 Å². The fraction of sp³-hybridized carbons (Fsp3) is 0.304. The summed E-state index contributed by atoms with van der Waals surface area (Å²) < 4.78 is 17.5. The lowest BCUT2D eigenvalue weighted by atomic mass is 9.92. The molecule has 0 fully saturated rings. The number of esters is 1. The standard InChI is InChI=1S/C23H25BrN2O5/c1-4-29-17-13-15(12-16(24)21(17)30-5-2)20-18(22(27)31-6-3)19(25-23(28)26-20)14-10-8-7-9-11-14/h7-13,20H,4-6H2,1-3H3,(H2,25,26,28)/t20-/m0/s1. The normalized spacial score (nSPS) is 15.7. The van der Waals surface area contributed by atoms with Gasteiger partial charge in [-0.15, -0.1) is 0 Å². The minimum absolute atomic E-state index is 0.211. The Bertz CT molecular complexity index is 991. The molecule has 31 heavy (non-hydrogen) atoms. The van der Waals surface area contributed by atoms with E-state index in [2.05, 4.69) is 26.6 Å². The maximum absolute atomic E-state index is 13.0. The lowest BCUT2D eigenvalue weighted by molar-refractivity contribution is -0.138. The second-order valence-corrected chi connectivity index (χ2v) is 7.46. The number of carbonyl (C=O) groups excluding carboxylic acids is 2. The minimum atomic E-state index is -0.741. The van der Waals surface area contributed by atoms with Crippen LogP contribution in [0.5, 0.6) is 11.5 Å². The molecule has 2 aromatic rings. The van der Waals surface area contributed by atoms with Gasteiger partial charge in [-0.05, 0) is 60.0 Å². The zero-order chi connectivity index (χ0) is 22.4. The first-order valence-corrected chi connectivity index (χ1v) is 10.9. The molecule has 0 radical (unpaired) electrons. The summed E-state index contributed by atoms with van der Waals surface area (Å²) in [7, 11) is 0. The zero-order valence-electron chi connectivity index (χ0n) is 17.7. The third-order valence-corrected chi connectivity index (χ3v) is 5.17. The number of nitrogens with one attached hydrogen (secondary N) is 2. The van der Waals surface area contributed by atoms with Crippen molar-refractivity contribution in [3.63, 3.8) is 0 Å². The molecule has 1 heterocycles. The van der Waals surface area contributed by atoms with Crippen LogP contribution >= 0.6 is 15.9 Å². The molecule has 2 aromatic carbocycles. The van der Waals surface area contributed by atoms with Crippen LogP contribution in [-0.2, 0) is 9.53 Å². The van der Waals surface area contributed by atoms with E-state index in [1.807, 2.05) is 50.2 Å². The Morgan fingerprint density at radius 1 is 1.03 bits per heavy atom. The summed E-state index contributed by atoms with van der Waals surface area (Å²) in [6, 6.07) is 11.6. The van der Waals surface area contributed by atoms with Crippen LogP contribution < -0.4 is 20.1 Å². The van der Waals surface area contributed by atoms with Gasteiger partial charge in [0.15, 0.2) is 11.5 Å². The molecule has 0 unspecified atom stereocenters. The molecule has 1 aliphatic heterocycles. The summed E-state index contributed by atoms with van der Waals surface area (Å²) >= 11 is 3.53. The van der Waals surface area contributed by atoms with Crippen LogP contribution in [0.15, 0.2) is 52.5 Å². The average Bonchev–Trinajstić information content (AvgIpc) is 2.76. The van der Waals surface area contributed by atoms with Gasteiger partial charge >= 0.3 is 12.0 Å². The first-order valence-electron chi connectivity index (χ1n) is 10.1. The van der Waals surface area contributed by atoms with E-state index in [1.54, 1.807) is 13.0 Å². The molecule has 1 aliphatic rings. The number of hydrogen-bond acceptors (Lipinski definition) is 5. The molecule has 3 rings (SSSR count). The first kappa shape index (κ1) is 22.7. The van der Waals surface area contributed by atoms with Crippen molar-refractivity contribution in [2.45, 2.75) is 26.8 Å². The lowest BCUT2D eigenvalue weighted by Gasteiger charge is -2.30. The van der Waals surface area contributed by atoms with Gasteiger partial charge < -0.3 is 24.8 Å². The minimum Gasteiger partial charge on any atom is -0.490 e. The van der Waals surface area contributed by atoms with Crippen molar-refractivity contribution in [2.75, 3.05) is 19.8 Å². The molecule has 164 valence electrons. The van der Waals surface area contributed by atoms with Crippen molar-refractivity contribution >= 4 is 33.6 Å². The molecule has 8 heteroatoms. The Balaban J connectivity index is 2.19. The predicted octanol–water partition coefficient (Wildman–Crippen LogP) is 4.57. The van der Waals surface area contributed by atoms with Gasteiger partial charge in [0.05, 0.1) is 41.6 Å². The summed E-state index contributed by atoms with van der Waals surface area (Å²) in [5.74, 6) is 0.575. The molecule has 7 nitrogen and oxygen atoms in total. The molecule has 0 aromatic heterocycles. The SMILES string of the molecule is CCOC(=O)C1=C(c2ccccc2)NC(=O)N[C@H]1c1cc(Br)c(OCC)c(OCC)c1. The highest BCUT2D eigenvalue weighted by atomic mass is 79.9. The molecule has 1 atom stereocenters. The number of rotatable bonds is 8. The molecule has 2 N–H and O–H groups in total. The summed E-state index contributed by atoms with van der Waals surface area (Å²) in [4.78, 5) is 25.5. The number of benzene rings is 2. The van der Waals surface area contributed by atoms with E-state index >= 15 is 0 Å². The van der Waals surface area contributed by atoms with Gasteiger partial charge in [-0.1, -0.05) is 30.3 Å². The van der Waals surface area contributed by atoms with Crippen LogP contribution in [0.3, 0.4) is 0 Å². The third-order valence-electron chi connectivity index (χ3n) is 4.58. The Kier molecular flexibility index (Phi) is 7.57. The van der Waals surface area contributed by atoms with E-state index in [9.17, 15) is 9.59 Å². The lowest BCUT2D eigenvalue weighted by Crippen LogP contribution is -2.45. The number of hydrogen-bond donors (Lipinski definition) is 2. The van der Waals surface area contributed by atoms with E-state index < -0.39 is 18.0 Å². The van der Waals surface area contributed by atoms with E-state index in [-0.39, 0.29) is 6.61 Å². The second kappa shape index (κ2) is 10.3. The molecule has 0 aliphatic carbocycles. The van der Waals surface area contributed by atoms with Crippen molar-refractivity contribution < 1.29 is 23.8 Å².